The van der Waals surface area contributed by atoms with Crippen molar-refractivity contribution in [3.63, 3.8) is 0 Å². The average molecular weight is 471 g/mol. The summed E-state index contributed by atoms with van der Waals surface area (Å²) in [5, 5.41) is 11.5. The predicted molar refractivity (Wildman–Crippen MR) is 137 cm³/mol. The fraction of sp³-hybridized carbons (Fsp3) is 0.276. The molecule has 0 bridgehead atoms. The quantitative estimate of drug-likeness (QED) is 0.293. The van der Waals surface area contributed by atoms with Crippen molar-refractivity contribution in [3.8, 4) is 5.75 Å². The summed E-state index contributed by atoms with van der Waals surface area (Å²) in [6.07, 6.45) is 3.22. The molecule has 1 aliphatic rings. The molecule has 1 N–H and O–H groups in total. The number of hydrogen-bond donors (Lipinski definition) is 1. The van der Waals surface area contributed by atoms with Crippen LogP contribution in [0.4, 0.5) is 5.69 Å². The third kappa shape index (κ3) is 4.56. The molecule has 1 saturated heterocycles. The topological polar surface area (TPSA) is 79.7 Å². The Labute approximate surface area is 205 Å². The number of nitrogens with zero attached hydrogens (tertiary/aromatic N) is 2. The molecule has 6 heteroatoms. The fourth-order valence-corrected chi connectivity index (χ4v) is 4.37. The van der Waals surface area contributed by atoms with Crippen LogP contribution < -0.4 is 9.64 Å². The molecule has 1 aromatic heterocycles. The second-order valence-corrected chi connectivity index (χ2v) is 9.68. The molecule has 180 valence electrons. The lowest BCUT2D eigenvalue weighted by Gasteiger charge is -2.26. The number of hydrogen-bond acceptors (Lipinski definition) is 5. The monoisotopic (exact) mass is 470 g/mol. The SMILES string of the molecule is CCOc1ccc(/C(O)=C2/C(=O)C(=O)N(c3ccc(C)cc3)C2c2ccncc2)cc1C(C)(C)C. The van der Waals surface area contributed by atoms with Gasteiger partial charge in [0, 0.05) is 29.2 Å². The minimum absolute atomic E-state index is 0.0470. The molecule has 4 rings (SSSR count). The number of ketones is 1. The third-order valence-electron chi connectivity index (χ3n) is 6.14. The predicted octanol–water partition coefficient (Wildman–Crippen LogP) is 5.71. The van der Waals surface area contributed by atoms with E-state index in [0.29, 0.717) is 23.4 Å². The molecule has 2 heterocycles. The summed E-state index contributed by atoms with van der Waals surface area (Å²) < 4.78 is 5.80. The van der Waals surface area contributed by atoms with Crippen LogP contribution in [0.1, 0.15) is 56.0 Å². The number of aliphatic hydroxyl groups is 1. The van der Waals surface area contributed by atoms with Gasteiger partial charge in [-0.15, -0.1) is 0 Å². The molecule has 1 unspecified atom stereocenters. The second kappa shape index (κ2) is 9.37. The van der Waals surface area contributed by atoms with Gasteiger partial charge >= 0.3 is 0 Å². The maximum Gasteiger partial charge on any atom is 0.300 e. The molecule has 1 fully saturated rings. The van der Waals surface area contributed by atoms with E-state index in [1.165, 1.54) is 4.90 Å². The summed E-state index contributed by atoms with van der Waals surface area (Å²) in [5.74, 6) is -0.897. The fourth-order valence-electron chi connectivity index (χ4n) is 4.37. The van der Waals surface area contributed by atoms with Gasteiger partial charge in [0.05, 0.1) is 18.2 Å². The first-order chi connectivity index (χ1) is 16.6. The Hall–Kier alpha value is -3.93. The maximum atomic E-state index is 13.4. The number of aromatic nitrogens is 1. The third-order valence-corrected chi connectivity index (χ3v) is 6.14. The summed E-state index contributed by atoms with van der Waals surface area (Å²) in [5.41, 5.74) is 3.44. The summed E-state index contributed by atoms with van der Waals surface area (Å²) in [4.78, 5) is 32.2. The molecule has 0 aliphatic carbocycles. The summed E-state index contributed by atoms with van der Waals surface area (Å²) in [7, 11) is 0. The van der Waals surface area contributed by atoms with Crippen molar-refractivity contribution in [3.05, 3.63) is 94.8 Å². The molecule has 35 heavy (non-hydrogen) atoms. The number of Topliss-reactive ketones (excluding diaryl/α,β-unsaturated/α-hetero) is 1. The van der Waals surface area contributed by atoms with Crippen molar-refractivity contribution in [2.45, 2.75) is 46.1 Å². The molecular formula is C29H30N2O4. The van der Waals surface area contributed by atoms with Crippen molar-refractivity contribution < 1.29 is 19.4 Å². The highest BCUT2D eigenvalue weighted by atomic mass is 16.5. The van der Waals surface area contributed by atoms with Gasteiger partial charge in [0.2, 0.25) is 0 Å². The molecule has 0 spiro atoms. The lowest BCUT2D eigenvalue weighted by molar-refractivity contribution is -0.132. The Bertz CT molecular complexity index is 1290. The molecule has 2 aromatic carbocycles. The number of benzene rings is 2. The van der Waals surface area contributed by atoms with Gasteiger partial charge in [-0.1, -0.05) is 38.5 Å². The highest BCUT2D eigenvalue weighted by molar-refractivity contribution is 6.51. The number of pyridine rings is 1. The number of anilines is 1. The lowest BCUT2D eigenvalue weighted by Crippen LogP contribution is -2.29. The summed E-state index contributed by atoms with van der Waals surface area (Å²) >= 11 is 0. The van der Waals surface area contributed by atoms with Gasteiger partial charge in [-0.05, 0) is 67.3 Å². The van der Waals surface area contributed by atoms with Gasteiger partial charge in [-0.2, -0.15) is 0 Å². The number of amides is 1. The first kappa shape index (κ1) is 24.2. The molecule has 1 amide bonds. The van der Waals surface area contributed by atoms with E-state index in [9.17, 15) is 14.7 Å². The van der Waals surface area contributed by atoms with Gasteiger partial charge in [-0.3, -0.25) is 19.5 Å². The number of ether oxygens (including phenoxy) is 1. The van der Waals surface area contributed by atoms with Gasteiger partial charge < -0.3 is 9.84 Å². The molecule has 1 aliphatic heterocycles. The van der Waals surface area contributed by atoms with Crippen LogP contribution in [0.25, 0.3) is 5.76 Å². The first-order valence-corrected chi connectivity index (χ1v) is 11.7. The number of aryl methyl sites for hydroxylation is 1. The van der Waals surface area contributed by atoms with E-state index in [1.54, 1.807) is 36.7 Å². The van der Waals surface area contributed by atoms with Crippen LogP contribution in [0.2, 0.25) is 0 Å². The van der Waals surface area contributed by atoms with Crippen LogP contribution in [0.15, 0.2) is 72.6 Å². The minimum Gasteiger partial charge on any atom is -0.507 e. The Morgan fingerprint density at radius 1 is 1.03 bits per heavy atom. The van der Waals surface area contributed by atoms with E-state index in [4.69, 9.17) is 4.74 Å². The van der Waals surface area contributed by atoms with Crippen molar-refractivity contribution in [2.24, 2.45) is 0 Å². The van der Waals surface area contributed by atoms with E-state index in [2.05, 4.69) is 25.8 Å². The Morgan fingerprint density at radius 2 is 1.69 bits per heavy atom. The lowest BCUT2D eigenvalue weighted by atomic mass is 9.84. The van der Waals surface area contributed by atoms with Crippen LogP contribution in [-0.4, -0.2) is 28.4 Å². The van der Waals surface area contributed by atoms with E-state index < -0.39 is 17.7 Å². The van der Waals surface area contributed by atoms with Crippen LogP contribution in [0.5, 0.6) is 5.75 Å². The first-order valence-electron chi connectivity index (χ1n) is 11.7. The number of aliphatic hydroxyl groups excluding tert-OH is 1. The van der Waals surface area contributed by atoms with Crippen molar-refractivity contribution in [2.75, 3.05) is 11.5 Å². The zero-order valence-corrected chi connectivity index (χ0v) is 20.7. The molecule has 6 nitrogen and oxygen atoms in total. The van der Waals surface area contributed by atoms with Gasteiger partial charge in [0.15, 0.2) is 0 Å². The van der Waals surface area contributed by atoms with Crippen molar-refractivity contribution >= 4 is 23.1 Å². The van der Waals surface area contributed by atoms with Crippen LogP contribution in [-0.2, 0) is 15.0 Å². The standard InChI is InChI=1S/C29H30N2O4/c1-6-35-23-12-9-20(17-22(23)29(3,4)5)26(32)24-25(19-13-15-30-16-14-19)31(28(34)27(24)33)21-10-7-18(2)8-11-21/h7-17,25,32H,6H2,1-5H3/b26-24-. The van der Waals surface area contributed by atoms with Crippen LogP contribution in [0, 0.1) is 6.92 Å². The maximum absolute atomic E-state index is 13.4. The zero-order valence-electron chi connectivity index (χ0n) is 20.7. The highest BCUT2D eigenvalue weighted by Gasteiger charge is 2.47. The van der Waals surface area contributed by atoms with E-state index in [1.807, 2.05) is 44.2 Å². The Balaban J connectivity index is 1.93. The normalized spacial score (nSPS) is 17.6. The van der Waals surface area contributed by atoms with Crippen LogP contribution >= 0.6 is 0 Å². The number of rotatable bonds is 5. The Morgan fingerprint density at radius 3 is 2.29 bits per heavy atom. The summed E-state index contributed by atoms with van der Waals surface area (Å²) in [6, 6.07) is 15.5. The minimum atomic E-state index is -0.787. The summed E-state index contributed by atoms with van der Waals surface area (Å²) in [6.45, 7) is 10.6. The molecule has 3 aromatic rings. The molecule has 1 atom stereocenters. The van der Waals surface area contributed by atoms with Gasteiger partial charge in [0.1, 0.15) is 11.5 Å². The highest BCUT2D eigenvalue weighted by Crippen LogP contribution is 2.43. The van der Waals surface area contributed by atoms with E-state index >= 15 is 0 Å². The van der Waals surface area contributed by atoms with E-state index in [-0.39, 0.29) is 16.7 Å². The zero-order chi connectivity index (χ0) is 25.3. The second-order valence-electron chi connectivity index (χ2n) is 9.68. The smallest absolute Gasteiger partial charge is 0.300 e. The van der Waals surface area contributed by atoms with E-state index in [0.717, 1.165) is 16.9 Å². The number of carbonyl (C=O) groups excluding carboxylic acids is 2. The molecule has 0 radical (unpaired) electrons. The van der Waals surface area contributed by atoms with Crippen molar-refractivity contribution in [1.82, 2.24) is 4.98 Å². The number of carbonyl (C=O) groups is 2. The largest absolute Gasteiger partial charge is 0.507 e. The van der Waals surface area contributed by atoms with Crippen molar-refractivity contribution in [1.29, 1.82) is 0 Å². The average Bonchev–Trinajstić information content (AvgIpc) is 3.10. The Kier molecular flexibility index (Phi) is 6.48. The molecule has 0 saturated carbocycles. The van der Waals surface area contributed by atoms with Gasteiger partial charge in [-0.25, -0.2) is 0 Å². The van der Waals surface area contributed by atoms with Crippen LogP contribution in [0.3, 0.4) is 0 Å². The molecular weight excluding hydrogens is 440 g/mol. The van der Waals surface area contributed by atoms with Gasteiger partial charge in [0.25, 0.3) is 11.7 Å².